The molecule has 32 heavy (non-hydrogen) atoms. The van der Waals surface area contributed by atoms with Crippen molar-refractivity contribution in [1.82, 2.24) is 13.8 Å². The Labute approximate surface area is 185 Å². The van der Waals surface area contributed by atoms with Gasteiger partial charge in [-0.25, -0.2) is 22.0 Å². The molecule has 1 fully saturated rings. The molecule has 0 unspecified atom stereocenters. The van der Waals surface area contributed by atoms with Crippen LogP contribution >= 0.6 is 0 Å². The number of esters is 1. The maximum atomic E-state index is 14.0. The third-order valence-electron chi connectivity index (χ3n) is 5.47. The summed E-state index contributed by atoms with van der Waals surface area (Å²) in [5, 5.41) is 0. The molecule has 0 aliphatic carbocycles. The van der Waals surface area contributed by atoms with Crippen molar-refractivity contribution in [2.45, 2.75) is 32.2 Å². The van der Waals surface area contributed by atoms with Gasteiger partial charge in [0.05, 0.1) is 12.2 Å². The Balaban J connectivity index is 1.67. The molecule has 0 atom stereocenters. The van der Waals surface area contributed by atoms with Crippen LogP contribution in [0.1, 0.15) is 28.7 Å². The van der Waals surface area contributed by atoms with Gasteiger partial charge in [0.15, 0.2) is 0 Å². The fraction of sp³-hybridized carbons (Fsp3) is 0.429. The first-order valence-electron chi connectivity index (χ1n) is 10.1. The standard InChI is InChI=1S/C21H25F2N3O5S/c1-4-31-21(28)17-11-14(2)26(15(17)3)13-20(27)24-7-9-25(10-8-24)32(29,30)19-6-5-16(22)12-18(19)23/h5-6,11-12H,4,7-10,13H2,1-3H3. The molecule has 1 aromatic heterocycles. The van der Waals surface area contributed by atoms with Crippen molar-refractivity contribution in [2.75, 3.05) is 32.8 Å². The number of aryl methyl sites for hydroxylation is 1. The number of hydrogen-bond acceptors (Lipinski definition) is 5. The first-order valence-corrected chi connectivity index (χ1v) is 11.6. The minimum atomic E-state index is -4.15. The highest BCUT2D eigenvalue weighted by atomic mass is 32.2. The van der Waals surface area contributed by atoms with Gasteiger partial charge in [0.2, 0.25) is 15.9 Å². The second kappa shape index (κ2) is 9.37. The first-order chi connectivity index (χ1) is 15.1. The summed E-state index contributed by atoms with van der Waals surface area (Å²) in [5.74, 6) is -2.70. The molecule has 0 radical (unpaired) electrons. The van der Waals surface area contributed by atoms with Crippen molar-refractivity contribution < 1.29 is 31.5 Å². The second-order valence-corrected chi connectivity index (χ2v) is 9.36. The third-order valence-corrected chi connectivity index (χ3v) is 7.40. The van der Waals surface area contributed by atoms with Crippen molar-refractivity contribution in [3.8, 4) is 0 Å². The van der Waals surface area contributed by atoms with Crippen molar-refractivity contribution in [2.24, 2.45) is 0 Å². The zero-order chi connectivity index (χ0) is 23.6. The zero-order valence-electron chi connectivity index (χ0n) is 18.1. The van der Waals surface area contributed by atoms with E-state index in [9.17, 15) is 26.8 Å². The number of ether oxygens (including phenoxy) is 1. The van der Waals surface area contributed by atoms with E-state index in [1.165, 1.54) is 4.90 Å². The number of benzene rings is 1. The fourth-order valence-corrected chi connectivity index (χ4v) is 5.16. The number of carbonyl (C=O) groups is 2. The van der Waals surface area contributed by atoms with Gasteiger partial charge >= 0.3 is 5.97 Å². The molecular weight excluding hydrogens is 444 g/mol. The van der Waals surface area contributed by atoms with E-state index >= 15 is 0 Å². The first kappa shape index (κ1) is 23.9. The lowest BCUT2D eigenvalue weighted by Crippen LogP contribution is -2.51. The number of sulfonamides is 1. The van der Waals surface area contributed by atoms with Gasteiger partial charge in [-0.2, -0.15) is 4.31 Å². The highest BCUT2D eigenvalue weighted by Crippen LogP contribution is 2.22. The van der Waals surface area contributed by atoms with Gasteiger partial charge in [-0.3, -0.25) is 4.79 Å². The minimum Gasteiger partial charge on any atom is -0.462 e. The molecule has 1 amide bonds. The number of carbonyl (C=O) groups excluding carboxylic acids is 2. The molecule has 1 aromatic carbocycles. The van der Waals surface area contributed by atoms with E-state index in [2.05, 4.69) is 0 Å². The van der Waals surface area contributed by atoms with Crippen LogP contribution in [0.5, 0.6) is 0 Å². The highest BCUT2D eigenvalue weighted by molar-refractivity contribution is 7.89. The zero-order valence-corrected chi connectivity index (χ0v) is 18.9. The average Bonchev–Trinajstić information content (AvgIpc) is 3.02. The molecule has 11 heteroatoms. The summed E-state index contributed by atoms with van der Waals surface area (Å²) in [7, 11) is -4.15. The second-order valence-electron chi connectivity index (χ2n) is 7.45. The minimum absolute atomic E-state index is 0.00356. The number of aromatic nitrogens is 1. The van der Waals surface area contributed by atoms with E-state index in [1.807, 2.05) is 0 Å². The highest BCUT2D eigenvalue weighted by Gasteiger charge is 2.32. The molecule has 8 nitrogen and oxygen atoms in total. The van der Waals surface area contributed by atoms with Crippen LogP contribution in [0, 0.1) is 25.5 Å². The summed E-state index contributed by atoms with van der Waals surface area (Å²) in [6.45, 7) is 5.71. The normalized spacial score (nSPS) is 15.1. The largest absolute Gasteiger partial charge is 0.462 e. The molecule has 2 aromatic rings. The lowest BCUT2D eigenvalue weighted by molar-refractivity contribution is -0.133. The van der Waals surface area contributed by atoms with Crippen LogP contribution in [0.4, 0.5) is 8.78 Å². The molecule has 0 spiro atoms. The molecule has 0 saturated carbocycles. The average molecular weight is 470 g/mol. The molecule has 3 rings (SSSR count). The van der Waals surface area contributed by atoms with Gasteiger partial charge in [0.25, 0.3) is 0 Å². The summed E-state index contributed by atoms with van der Waals surface area (Å²) in [6, 6.07) is 3.99. The summed E-state index contributed by atoms with van der Waals surface area (Å²) in [4.78, 5) is 25.8. The smallest absolute Gasteiger partial charge is 0.339 e. The third kappa shape index (κ3) is 4.68. The lowest BCUT2D eigenvalue weighted by Gasteiger charge is -2.34. The van der Waals surface area contributed by atoms with Crippen molar-refractivity contribution in [3.63, 3.8) is 0 Å². The maximum absolute atomic E-state index is 14.0. The Morgan fingerprint density at radius 3 is 2.31 bits per heavy atom. The molecular formula is C21H25F2N3O5S. The Kier molecular flexibility index (Phi) is 6.99. The number of piperazine rings is 1. The van der Waals surface area contributed by atoms with E-state index in [0.717, 1.165) is 22.1 Å². The number of nitrogens with zero attached hydrogens (tertiary/aromatic N) is 3. The van der Waals surface area contributed by atoms with E-state index in [1.54, 1.807) is 31.4 Å². The van der Waals surface area contributed by atoms with E-state index < -0.39 is 32.5 Å². The van der Waals surface area contributed by atoms with Crippen molar-refractivity contribution in [1.29, 1.82) is 0 Å². The Hall–Kier alpha value is -2.79. The van der Waals surface area contributed by atoms with Crippen LogP contribution in [0.2, 0.25) is 0 Å². The molecule has 1 saturated heterocycles. The number of amides is 1. The van der Waals surface area contributed by atoms with E-state index in [4.69, 9.17) is 4.74 Å². The lowest BCUT2D eigenvalue weighted by atomic mass is 10.2. The predicted molar refractivity (Wildman–Crippen MR) is 112 cm³/mol. The van der Waals surface area contributed by atoms with Crippen molar-refractivity contribution >= 4 is 21.9 Å². The van der Waals surface area contributed by atoms with Gasteiger partial charge < -0.3 is 14.2 Å². The maximum Gasteiger partial charge on any atom is 0.339 e. The number of rotatable bonds is 6. The van der Waals surface area contributed by atoms with Gasteiger partial charge in [-0.15, -0.1) is 0 Å². The quantitative estimate of drug-likeness (QED) is 0.605. The molecule has 1 aliphatic rings. The summed E-state index contributed by atoms with van der Waals surface area (Å²) in [5.41, 5.74) is 1.74. The molecule has 2 heterocycles. The molecule has 1 aliphatic heterocycles. The summed E-state index contributed by atoms with van der Waals surface area (Å²) >= 11 is 0. The van der Waals surface area contributed by atoms with Crippen LogP contribution in [-0.4, -0.2) is 66.9 Å². The van der Waals surface area contributed by atoms with Crippen LogP contribution in [0.25, 0.3) is 0 Å². The predicted octanol–water partition coefficient (Wildman–Crippen LogP) is 2.09. The van der Waals surface area contributed by atoms with Gasteiger partial charge in [0, 0.05) is 43.6 Å². The number of hydrogen-bond donors (Lipinski definition) is 0. The van der Waals surface area contributed by atoms with Gasteiger partial charge in [-0.1, -0.05) is 0 Å². The van der Waals surface area contributed by atoms with Crippen LogP contribution < -0.4 is 0 Å². The van der Waals surface area contributed by atoms with Gasteiger partial charge in [0.1, 0.15) is 23.1 Å². The molecule has 0 N–H and O–H groups in total. The Bertz CT molecular complexity index is 1140. The monoisotopic (exact) mass is 469 g/mol. The molecule has 174 valence electrons. The Morgan fingerprint density at radius 2 is 1.72 bits per heavy atom. The fourth-order valence-electron chi connectivity index (χ4n) is 3.70. The van der Waals surface area contributed by atoms with Gasteiger partial charge in [-0.05, 0) is 39.0 Å². The Morgan fingerprint density at radius 1 is 1.06 bits per heavy atom. The summed E-state index contributed by atoms with van der Waals surface area (Å²) in [6.07, 6.45) is 0. The number of halogens is 2. The van der Waals surface area contributed by atoms with E-state index in [-0.39, 0.29) is 45.2 Å². The van der Waals surface area contributed by atoms with Crippen LogP contribution in [0.15, 0.2) is 29.2 Å². The van der Waals surface area contributed by atoms with E-state index in [0.29, 0.717) is 17.3 Å². The molecule has 0 bridgehead atoms. The summed E-state index contributed by atoms with van der Waals surface area (Å²) < 4.78 is 60.4. The topological polar surface area (TPSA) is 88.9 Å². The SMILES string of the molecule is CCOC(=O)c1cc(C)n(CC(=O)N2CCN(S(=O)(=O)c3ccc(F)cc3F)CC2)c1C. The van der Waals surface area contributed by atoms with Crippen LogP contribution in [0.3, 0.4) is 0 Å². The van der Waals surface area contributed by atoms with Crippen molar-refractivity contribution in [3.05, 3.63) is 52.9 Å². The van der Waals surface area contributed by atoms with Crippen LogP contribution in [-0.2, 0) is 26.1 Å².